The predicted molar refractivity (Wildman–Crippen MR) is 122 cm³/mol. The predicted octanol–water partition coefficient (Wildman–Crippen LogP) is 2.16. The van der Waals surface area contributed by atoms with E-state index in [1.54, 1.807) is 7.11 Å². The minimum Gasteiger partial charge on any atom is -0.497 e. The average Bonchev–Trinajstić information content (AvgIpc) is 3.13. The van der Waals surface area contributed by atoms with Gasteiger partial charge in [-0.05, 0) is 31.0 Å². The van der Waals surface area contributed by atoms with Crippen molar-refractivity contribution in [2.75, 3.05) is 33.3 Å². The number of aliphatic hydroxyl groups excluding tert-OH is 1. The van der Waals surface area contributed by atoms with E-state index >= 15 is 0 Å². The molecule has 1 saturated heterocycles. The molecule has 28 heavy (non-hydrogen) atoms. The Morgan fingerprint density at radius 1 is 1.43 bits per heavy atom. The number of amides is 1. The van der Waals surface area contributed by atoms with Gasteiger partial charge in [-0.1, -0.05) is 26.0 Å². The first kappa shape index (κ1) is 24.5. The standard InChI is InChI=1S/C20H32N4O3.HI/c1-5-21-20(23-16-9-10-24(13-16)19(26)14(2)3)22-12-18(25)15-7-6-8-17(11-15)27-4;/h6-8,11,14,16,18,25H,5,9-10,12-13H2,1-4H3,(H2,21,22,23);1H. The molecule has 1 aliphatic heterocycles. The minimum atomic E-state index is -0.710. The second kappa shape index (κ2) is 12.1. The fraction of sp³-hybridized carbons (Fsp3) is 0.600. The van der Waals surface area contributed by atoms with Crippen LogP contribution in [0.2, 0.25) is 0 Å². The van der Waals surface area contributed by atoms with E-state index < -0.39 is 6.10 Å². The quantitative estimate of drug-likeness (QED) is 0.301. The van der Waals surface area contributed by atoms with Crippen LogP contribution in [0, 0.1) is 5.92 Å². The zero-order chi connectivity index (χ0) is 19.8. The van der Waals surface area contributed by atoms with Gasteiger partial charge in [0.1, 0.15) is 5.75 Å². The second-order valence-electron chi connectivity index (χ2n) is 7.08. The summed E-state index contributed by atoms with van der Waals surface area (Å²) in [4.78, 5) is 18.5. The molecular formula is C20H33IN4O3. The number of hydrogen-bond donors (Lipinski definition) is 3. The Kier molecular flexibility index (Phi) is 10.6. The van der Waals surface area contributed by atoms with Crippen LogP contribution in [0.4, 0.5) is 0 Å². The summed E-state index contributed by atoms with van der Waals surface area (Å²) in [7, 11) is 1.60. The number of likely N-dealkylation sites (tertiary alicyclic amines) is 1. The molecule has 1 amide bonds. The summed E-state index contributed by atoms with van der Waals surface area (Å²) in [6.07, 6.45) is 0.180. The molecule has 0 spiro atoms. The fourth-order valence-corrected chi connectivity index (χ4v) is 3.09. The smallest absolute Gasteiger partial charge is 0.225 e. The monoisotopic (exact) mass is 504 g/mol. The maximum atomic E-state index is 12.1. The summed E-state index contributed by atoms with van der Waals surface area (Å²) >= 11 is 0. The van der Waals surface area contributed by atoms with E-state index in [-0.39, 0.29) is 48.4 Å². The number of hydrogen-bond acceptors (Lipinski definition) is 4. The van der Waals surface area contributed by atoms with Crippen LogP contribution in [0.1, 0.15) is 38.9 Å². The Bertz CT molecular complexity index is 654. The highest BCUT2D eigenvalue weighted by Crippen LogP contribution is 2.19. The number of ether oxygens (including phenoxy) is 1. The Morgan fingerprint density at radius 3 is 2.82 bits per heavy atom. The van der Waals surface area contributed by atoms with Gasteiger partial charge in [0.25, 0.3) is 0 Å². The number of carbonyl (C=O) groups excluding carboxylic acids is 1. The normalized spacial score (nSPS) is 17.9. The van der Waals surface area contributed by atoms with Gasteiger partial charge in [0, 0.05) is 31.6 Å². The van der Waals surface area contributed by atoms with Crippen LogP contribution in [0.15, 0.2) is 29.3 Å². The molecule has 0 bridgehead atoms. The lowest BCUT2D eigenvalue weighted by Crippen LogP contribution is -2.45. The first-order chi connectivity index (χ1) is 12.9. The summed E-state index contributed by atoms with van der Waals surface area (Å²) in [5.41, 5.74) is 0.767. The van der Waals surface area contributed by atoms with Crippen molar-refractivity contribution >= 4 is 35.8 Å². The maximum absolute atomic E-state index is 12.1. The van der Waals surface area contributed by atoms with Gasteiger partial charge in [0.2, 0.25) is 5.91 Å². The highest BCUT2D eigenvalue weighted by molar-refractivity contribution is 14.0. The SMILES string of the molecule is CCNC(=NCC(O)c1cccc(OC)c1)NC1CCN(C(=O)C(C)C)C1.I. The van der Waals surface area contributed by atoms with Crippen LogP contribution in [0.5, 0.6) is 5.75 Å². The molecule has 1 aromatic carbocycles. The molecule has 0 aliphatic carbocycles. The molecule has 7 nitrogen and oxygen atoms in total. The molecule has 1 aromatic rings. The summed E-state index contributed by atoms with van der Waals surface area (Å²) in [6.45, 7) is 8.26. The van der Waals surface area contributed by atoms with Crippen LogP contribution >= 0.6 is 24.0 Å². The van der Waals surface area contributed by atoms with Crippen molar-refractivity contribution in [3.63, 3.8) is 0 Å². The number of methoxy groups -OCH3 is 1. The molecule has 0 radical (unpaired) electrons. The number of rotatable bonds is 7. The van der Waals surface area contributed by atoms with E-state index in [0.717, 1.165) is 25.1 Å². The van der Waals surface area contributed by atoms with Crippen LogP contribution in [-0.2, 0) is 4.79 Å². The molecule has 0 aromatic heterocycles. The highest BCUT2D eigenvalue weighted by Gasteiger charge is 2.28. The van der Waals surface area contributed by atoms with Crippen LogP contribution in [0.25, 0.3) is 0 Å². The molecule has 158 valence electrons. The summed E-state index contributed by atoms with van der Waals surface area (Å²) < 4.78 is 5.20. The molecule has 2 rings (SSSR count). The highest BCUT2D eigenvalue weighted by atomic mass is 127. The Hall–Kier alpha value is -1.55. The van der Waals surface area contributed by atoms with Crippen LogP contribution < -0.4 is 15.4 Å². The van der Waals surface area contributed by atoms with Crippen molar-refractivity contribution in [2.24, 2.45) is 10.9 Å². The van der Waals surface area contributed by atoms with E-state index in [1.807, 2.05) is 49.9 Å². The number of guanidine groups is 1. The Morgan fingerprint density at radius 2 is 2.18 bits per heavy atom. The van der Waals surface area contributed by atoms with Crippen molar-refractivity contribution in [1.29, 1.82) is 0 Å². The second-order valence-corrected chi connectivity index (χ2v) is 7.08. The number of benzene rings is 1. The van der Waals surface area contributed by atoms with Gasteiger partial charge in [0.05, 0.1) is 19.8 Å². The molecule has 1 heterocycles. The van der Waals surface area contributed by atoms with E-state index in [9.17, 15) is 9.90 Å². The topological polar surface area (TPSA) is 86.2 Å². The molecular weight excluding hydrogens is 471 g/mol. The zero-order valence-corrected chi connectivity index (χ0v) is 19.5. The van der Waals surface area contributed by atoms with E-state index in [1.165, 1.54) is 0 Å². The lowest BCUT2D eigenvalue weighted by Gasteiger charge is -2.20. The van der Waals surface area contributed by atoms with E-state index in [4.69, 9.17) is 4.74 Å². The summed E-state index contributed by atoms with van der Waals surface area (Å²) in [5, 5.41) is 17.0. The summed E-state index contributed by atoms with van der Waals surface area (Å²) in [5.74, 6) is 1.57. The Balaban J connectivity index is 0.00000392. The third-order valence-corrected chi connectivity index (χ3v) is 4.58. The van der Waals surface area contributed by atoms with E-state index in [0.29, 0.717) is 18.3 Å². The molecule has 1 aliphatic rings. The lowest BCUT2D eigenvalue weighted by molar-refractivity contribution is -0.133. The number of carbonyl (C=O) groups is 1. The lowest BCUT2D eigenvalue weighted by atomic mass is 10.1. The van der Waals surface area contributed by atoms with Gasteiger partial charge < -0.3 is 25.4 Å². The third kappa shape index (κ3) is 7.12. The number of aliphatic imine (C=N–C) groups is 1. The van der Waals surface area contributed by atoms with Gasteiger partial charge in [-0.15, -0.1) is 24.0 Å². The number of nitrogens with zero attached hydrogens (tertiary/aromatic N) is 2. The minimum absolute atomic E-state index is 0. The first-order valence-corrected chi connectivity index (χ1v) is 9.60. The molecule has 8 heteroatoms. The van der Waals surface area contributed by atoms with Gasteiger partial charge in [-0.2, -0.15) is 0 Å². The van der Waals surface area contributed by atoms with Crippen molar-refractivity contribution in [3.8, 4) is 5.75 Å². The van der Waals surface area contributed by atoms with Crippen molar-refractivity contribution in [1.82, 2.24) is 15.5 Å². The zero-order valence-electron chi connectivity index (χ0n) is 17.1. The Labute approximate surface area is 185 Å². The molecule has 2 unspecified atom stereocenters. The number of nitrogens with one attached hydrogen (secondary N) is 2. The van der Waals surface area contributed by atoms with Gasteiger partial charge in [0.15, 0.2) is 5.96 Å². The average molecular weight is 504 g/mol. The van der Waals surface area contributed by atoms with E-state index in [2.05, 4.69) is 15.6 Å². The summed E-state index contributed by atoms with van der Waals surface area (Å²) in [6, 6.07) is 7.53. The van der Waals surface area contributed by atoms with Gasteiger partial charge in [-0.25, -0.2) is 0 Å². The number of aliphatic hydroxyl groups is 1. The molecule has 1 fully saturated rings. The van der Waals surface area contributed by atoms with Crippen LogP contribution in [0.3, 0.4) is 0 Å². The molecule has 0 saturated carbocycles. The van der Waals surface area contributed by atoms with Crippen molar-refractivity contribution in [3.05, 3.63) is 29.8 Å². The van der Waals surface area contributed by atoms with Crippen LogP contribution in [-0.4, -0.2) is 61.2 Å². The maximum Gasteiger partial charge on any atom is 0.225 e. The first-order valence-electron chi connectivity index (χ1n) is 9.60. The van der Waals surface area contributed by atoms with Crippen molar-refractivity contribution < 1.29 is 14.6 Å². The molecule has 2 atom stereocenters. The molecule has 3 N–H and O–H groups in total. The van der Waals surface area contributed by atoms with Gasteiger partial charge >= 0.3 is 0 Å². The largest absolute Gasteiger partial charge is 0.497 e. The van der Waals surface area contributed by atoms with Crippen molar-refractivity contribution in [2.45, 2.75) is 39.3 Å². The number of halogens is 1. The third-order valence-electron chi connectivity index (χ3n) is 4.58. The fourth-order valence-electron chi connectivity index (χ4n) is 3.09. The van der Waals surface area contributed by atoms with Gasteiger partial charge in [-0.3, -0.25) is 9.79 Å².